The Kier molecular flexibility index (Phi) is 12.8. The Bertz CT molecular complexity index is 997. The van der Waals surface area contributed by atoms with Gasteiger partial charge in [-0.15, -0.1) is 0 Å². The first kappa shape index (κ1) is 29.1. The van der Waals surface area contributed by atoms with Crippen LogP contribution < -0.4 is 16.1 Å². The summed E-state index contributed by atoms with van der Waals surface area (Å²) in [6, 6.07) is 4.55. The lowest BCUT2D eigenvalue weighted by Gasteiger charge is -2.29. The van der Waals surface area contributed by atoms with Crippen LogP contribution in [0.3, 0.4) is 0 Å². The molecule has 2 rings (SSSR count). The van der Waals surface area contributed by atoms with Crippen LogP contribution in [0.1, 0.15) is 40.5 Å². The number of nitrogens with zero attached hydrogens (tertiary/aromatic N) is 3. The first-order valence-corrected chi connectivity index (χ1v) is 14.2. The molecule has 0 unspecified atom stereocenters. The topological polar surface area (TPSA) is 133 Å². The van der Waals surface area contributed by atoms with E-state index in [1.807, 2.05) is 12.5 Å². The lowest BCUT2D eigenvalue weighted by molar-refractivity contribution is -0.143. The van der Waals surface area contributed by atoms with Gasteiger partial charge in [-0.25, -0.2) is 0 Å². The summed E-state index contributed by atoms with van der Waals surface area (Å²) in [5.74, 6) is -0.487. The van der Waals surface area contributed by atoms with Gasteiger partial charge in [-0.05, 0) is 68.0 Å². The fourth-order valence-corrected chi connectivity index (χ4v) is 4.12. The molecule has 10 nitrogen and oxygen atoms in total. The Morgan fingerprint density at radius 3 is 1.69 bits per heavy atom. The molecule has 194 valence electrons. The van der Waals surface area contributed by atoms with Crippen LogP contribution in [0.2, 0.25) is 0 Å². The highest BCUT2D eigenvalue weighted by Crippen LogP contribution is 2.08. The predicted molar refractivity (Wildman–Crippen MR) is 143 cm³/mol. The van der Waals surface area contributed by atoms with Gasteiger partial charge in [0.05, 0.1) is 0 Å². The van der Waals surface area contributed by atoms with Crippen LogP contribution >= 0.6 is 23.5 Å². The number of rotatable bonds is 13. The van der Waals surface area contributed by atoms with Crippen molar-refractivity contribution in [1.29, 1.82) is 0 Å². The number of nitrogens with one attached hydrogen (secondary N) is 3. The molecule has 0 saturated carbocycles. The molecule has 0 fully saturated rings. The Hall–Kier alpha value is -3.12. The molecule has 36 heavy (non-hydrogen) atoms. The quantitative estimate of drug-likeness (QED) is 0.333. The fourth-order valence-electron chi connectivity index (χ4n) is 3.18. The van der Waals surface area contributed by atoms with Gasteiger partial charge in [0.2, 0.25) is 0 Å². The van der Waals surface area contributed by atoms with Crippen molar-refractivity contribution in [3.05, 3.63) is 60.2 Å². The SMILES string of the molecule is CCN(NC(=O)[C@H](CCSC)NC(=O)c1ccncc1)C(=O)[C@H](CCSC)NC(=O)c1ccncc1. The lowest BCUT2D eigenvalue weighted by Crippen LogP contribution is -2.58. The smallest absolute Gasteiger partial charge is 0.263 e. The van der Waals surface area contributed by atoms with Gasteiger partial charge in [-0.1, -0.05) is 0 Å². The zero-order chi connectivity index (χ0) is 26.3. The van der Waals surface area contributed by atoms with E-state index in [9.17, 15) is 19.2 Å². The van der Waals surface area contributed by atoms with Crippen molar-refractivity contribution in [1.82, 2.24) is 31.0 Å². The van der Waals surface area contributed by atoms with Crippen molar-refractivity contribution < 1.29 is 19.2 Å². The van der Waals surface area contributed by atoms with Crippen LogP contribution in [0, 0.1) is 0 Å². The molecule has 0 spiro atoms. The molecule has 0 bridgehead atoms. The van der Waals surface area contributed by atoms with Crippen LogP contribution in [0.4, 0.5) is 0 Å². The number of hydrogen-bond donors (Lipinski definition) is 3. The van der Waals surface area contributed by atoms with Gasteiger partial charge in [0.15, 0.2) is 0 Å². The van der Waals surface area contributed by atoms with Gasteiger partial charge < -0.3 is 10.6 Å². The molecule has 2 aromatic rings. The van der Waals surface area contributed by atoms with E-state index in [0.717, 1.165) is 0 Å². The number of carbonyl (C=O) groups is 4. The molecule has 0 aromatic carbocycles. The van der Waals surface area contributed by atoms with Crippen molar-refractivity contribution in [2.24, 2.45) is 0 Å². The number of hydrazine groups is 1. The standard InChI is InChI=1S/C24H32N6O4S2/c1-4-30(24(34)20(10-16-36-3)28-22(32)18-7-13-26-14-8-18)29-23(33)19(9-15-35-2)27-21(31)17-5-11-25-12-6-17/h5-8,11-14,19-20H,4,9-10,15-16H2,1-3H3,(H,27,31)(H,28,32)(H,29,33)/t19-,20-/m0/s1. The maximum absolute atomic E-state index is 13.3. The van der Waals surface area contributed by atoms with E-state index in [1.54, 1.807) is 54.7 Å². The maximum atomic E-state index is 13.3. The van der Waals surface area contributed by atoms with Crippen molar-refractivity contribution >= 4 is 47.2 Å². The number of thioether (sulfide) groups is 2. The molecule has 0 aliphatic carbocycles. The van der Waals surface area contributed by atoms with Crippen molar-refractivity contribution in [3.8, 4) is 0 Å². The van der Waals surface area contributed by atoms with Crippen LogP contribution in [0.5, 0.6) is 0 Å². The largest absolute Gasteiger partial charge is 0.340 e. The molecule has 0 aliphatic heterocycles. The zero-order valence-corrected chi connectivity index (χ0v) is 22.2. The lowest BCUT2D eigenvalue weighted by atomic mass is 10.1. The normalized spacial score (nSPS) is 12.2. The fraction of sp³-hybridized carbons (Fsp3) is 0.417. The first-order valence-electron chi connectivity index (χ1n) is 11.4. The van der Waals surface area contributed by atoms with E-state index >= 15 is 0 Å². The first-order chi connectivity index (χ1) is 17.4. The summed E-state index contributed by atoms with van der Waals surface area (Å²) in [4.78, 5) is 59.6. The van der Waals surface area contributed by atoms with Gasteiger partial charge in [0, 0.05) is 42.5 Å². The molecule has 2 aromatic heterocycles. The highest BCUT2D eigenvalue weighted by atomic mass is 32.2. The molecule has 0 saturated heterocycles. The summed E-state index contributed by atoms with van der Waals surface area (Å²) < 4.78 is 0. The monoisotopic (exact) mass is 532 g/mol. The van der Waals surface area contributed by atoms with Crippen molar-refractivity contribution in [2.45, 2.75) is 31.8 Å². The van der Waals surface area contributed by atoms with Gasteiger partial charge in [0.1, 0.15) is 12.1 Å². The van der Waals surface area contributed by atoms with Gasteiger partial charge in [-0.2, -0.15) is 23.5 Å². The second-order valence-electron chi connectivity index (χ2n) is 7.65. The number of hydrogen-bond acceptors (Lipinski definition) is 8. The molecule has 4 amide bonds. The number of pyridine rings is 2. The minimum atomic E-state index is -0.851. The van der Waals surface area contributed by atoms with Gasteiger partial charge in [0.25, 0.3) is 23.6 Å². The van der Waals surface area contributed by atoms with E-state index in [-0.39, 0.29) is 6.54 Å². The average Bonchev–Trinajstić information content (AvgIpc) is 2.92. The highest BCUT2D eigenvalue weighted by molar-refractivity contribution is 7.98. The number of carbonyl (C=O) groups excluding carboxylic acids is 4. The number of aromatic nitrogens is 2. The van der Waals surface area contributed by atoms with E-state index in [1.165, 1.54) is 29.8 Å². The summed E-state index contributed by atoms with van der Waals surface area (Å²) in [5.41, 5.74) is 3.41. The highest BCUT2D eigenvalue weighted by Gasteiger charge is 2.29. The number of likely N-dealkylation sites (N-methyl/N-ethyl adjacent to an activating group) is 1. The summed E-state index contributed by atoms with van der Waals surface area (Å²) in [6.45, 7) is 1.90. The third-order valence-corrected chi connectivity index (χ3v) is 6.45. The van der Waals surface area contributed by atoms with Crippen LogP contribution in [-0.4, -0.2) is 81.3 Å². The van der Waals surface area contributed by atoms with E-state index < -0.39 is 35.7 Å². The Labute approximate surface area is 219 Å². The van der Waals surface area contributed by atoms with Gasteiger partial charge in [-0.3, -0.25) is 39.6 Å². The molecule has 12 heteroatoms. The molecule has 3 N–H and O–H groups in total. The number of amides is 4. The average molecular weight is 533 g/mol. The molecule has 0 aliphatic rings. The van der Waals surface area contributed by atoms with Crippen molar-refractivity contribution in [2.75, 3.05) is 30.6 Å². The van der Waals surface area contributed by atoms with Crippen LogP contribution in [-0.2, 0) is 9.59 Å². The summed E-state index contributed by atoms with van der Waals surface area (Å²) in [7, 11) is 0. The van der Waals surface area contributed by atoms with Gasteiger partial charge >= 0.3 is 0 Å². The predicted octanol–water partition coefficient (Wildman–Crippen LogP) is 1.76. The maximum Gasteiger partial charge on any atom is 0.263 e. The Morgan fingerprint density at radius 2 is 1.25 bits per heavy atom. The molecule has 2 heterocycles. The molecular weight excluding hydrogens is 500 g/mol. The molecule has 0 radical (unpaired) electrons. The van der Waals surface area contributed by atoms with E-state index in [2.05, 4.69) is 26.0 Å². The third-order valence-electron chi connectivity index (χ3n) is 5.16. The molecular formula is C24H32N6O4S2. The van der Waals surface area contributed by atoms with Crippen LogP contribution in [0.25, 0.3) is 0 Å². The van der Waals surface area contributed by atoms with Crippen LogP contribution in [0.15, 0.2) is 49.1 Å². The third kappa shape index (κ3) is 9.15. The molecule has 2 atom stereocenters. The minimum Gasteiger partial charge on any atom is -0.340 e. The summed E-state index contributed by atoms with van der Waals surface area (Å²) >= 11 is 3.09. The zero-order valence-electron chi connectivity index (χ0n) is 20.6. The second-order valence-corrected chi connectivity index (χ2v) is 9.62. The van der Waals surface area contributed by atoms with E-state index in [4.69, 9.17) is 0 Å². The second kappa shape index (κ2) is 15.8. The van der Waals surface area contributed by atoms with E-state index in [0.29, 0.717) is 35.5 Å². The minimum absolute atomic E-state index is 0.180. The van der Waals surface area contributed by atoms with Crippen molar-refractivity contribution in [3.63, 3.8) is 0 Å². The Morgan fingerprint density at radius 1 is 0.806 bits per heavy atom. The summed E-state index contributed by atoms with van der Waals surface area (Å²) in [6.07, 6.45) is 10.6. The summed E-state index contributed by atoms with van der Waals surface area (Å²) in [5, 5.41) is 6.70. The Balaban J connectivity index is 2.12.